The van der Waals surface area contributed by atoms with Crippen LogP contribution in [-0.4, -0.2) is 5.78 Å². The van der Waals surface area contributed by atoms with E-state index < -0.39 is 0 Å². The minimum Gasteiger partial charge on any atom is -0.299 e. The minimum atomic E-state index is 0.327. The predicted octanol–water partition coefficient (Wildman–Crippen LogP) is 2.75. The summed E-state index contributed by atoms with van der Waals surface area (Å²) in [4.78, 5) is 11.0. The summed E-state index contributed by atoms with van der Waals surface area (Å²) in [5, 5.41) is 0. The molecule has 0 N–H and O–H groups in total. The average Bonchev–Trinajstić information content (AvgIpc) is 1.88. The number of hydrogen-bond donors (Lipinski definition) is 0. The molecule has 0 atom stereocenters. The van der Waals surface area contributed by atoms with Gasteiger partial charge in [0, 0.05) is 12.3 Å². The van der Waals surface area contributed by atoms with Crippen molar-refractivity contribution in [1.82, 2.24) is 0 Å². The van der Waals surface area contributed by atoms with Crippen molar-refractivity contribution in [3.8, 4) is 0 Å². The number of carbonyl (C=O) groups excluding carboxylic acids is 1. The van der Waals surface area contributed by atoms with Gasteiger partial charge >= 0.3 is 0 Å². The molecule has 59 valence electrons. The molecule has 0 aromatic rings. The van der Waals surface area contributed by atoms with Crippen LogP contribution < -0.4 is 0 Å². The first-order chi connectivity index (χ1) is 4.68. The molecule has 10 heavy (non-hydrogen) atoms. The number of ketones is 1. The van der Waals surface area contributed by atoms with Crippen LogP contribution in [0.2, 0.25) is 0 Å². The molecule has 0 unspecified atom stereocenters. The van der Waals surface area contributed by atoms with E-state index >= 15 is 0 Å². The molecule has 0 saturated heterocycles. The minimum absolute atomic E-state index is 0.327. The Hall–Kier alpha value is -0.330. The van der Waals surface area contributed by atoms with Crippen LogP contribution in [-0.2, 0) is 4.79 Å². The van der Waals surface area contributed by atoms with Gasteiger partial charge in [0.05, 0.1) is 0 Å². The van der Waals surface area contributed by atoms with Crippen molar-refractivity contribution in [2.45, 2.75) is 46.5 Å². The van der Waals surface area contributed by atoms with Crippen molar-refractivity contribution >= 4 is 5.78 Å². The zero-order valence-electron chi connectivity index (χ0n) is 7.24. The van der Waals surface area contributed by atoms with Crippen LogP contribution in [0.4, 0.5) is 0 Å². The molecule has 1 heteroatoms. The largest absolute Gasteiger partial charge is 0.299 e. The second kappa shape index (κ2) is 5.45. The molecule has 0 saturated carbocycles. The summed E-state index contributed by atoms with van der Waals surface area (Å²) >= 11 is 0. The van der Waals surface area contributed by atoms with Gasteiger partial charge in [0.1, 0.15) is 5.78 Å². The summed E-state index contributed by atoms with van der Waals surface area (Å²) in [7, 11) is 0. The summed E-state index contributed by atoms with van der Waals surface area (Å²) in [5.41, 5.74) is 0. The first-order valence-corrected chi connectivity index (χ1v) is 4.01. The zero-order chi connectivity index (χ0) is 7.98. The third-order valence-electron chi connectivity index (χ3n) is 1.57. The molecule has 0 aliphatic rings. The van der Waals surface area contributed by atoms with Gasteiger partial charge in [-0.05, 0) is 6.42 Å². The van der Waals surface area contributed by atoms with E-state index in [-0.39, 0.29) is 0 Å². The number of Topliss-reactive ketones (excluding diaryl/α,β-unsaturated/α-hetero) is 1. The van der Waals surface area contributed by atoms with E-state index in [4.69, 9.17) is 0 Å². The average molecular weight is 141 g/mol. The Morgan fingerprint density at radius 1 is 1.20 bits per heavy atom. The Bertz CT molecular complexity index is 94.9. The zero-order valence-corrected chi connectivity index (χ0v) is 7.24. The third-order valence-corrected chi connectivity index (χ3v) is 1.57. The van der Waals surface area contributed by atoms with Crippen LogP contribution in [0.25, 0.3) is 0 Å². The van der Waals surface area contributed by atoms with Crippen LogP contribution in [0.5, 0.6) is 0 Å². The molecule has 0 heterocycles. The van der Waals surface area contributed by atoms with Gasteiger partial charge in [0.25, 0.3) is 0 Å². The van der Waals surface area contributed by atoms with Gasteiger partial charge in [-0.2, -0.15) is 0 Å². The standard InChI is InChI=1S/C9H17O/c1-4-5-6-7-9(10)8(2)3/h4-7H2,1-3H3. The Morgan fingerprint density at radius 2 is 1.80 bits per heavy atom. The molecule has 0 amide bonds. The van der Waals surface area contributed by atoms with E-state index in [1.165, 1.54) is 12.8 Å². The topological polar surface area (TPSA) is 17.1 Å². The van der Waals surface area contributed by atoms with Crippen molar-refractivity contribution in [3.05, 3.63) is 5.92 Å². The van der Waals surface area contributed by atoms with E-state index in [9.17, 15) is 4.79 Å². The van der Waals surface area contributed by atoms with Crippen molar-refractivity contribution in [2.24, 2.45) is 0 Å². The van der Waals surface area contributed by atoms with E-state index in [0.717, 1.165) is 18.8 Å². The highest BCUT2D eigenvalue weighted by Gasteiger charge is 2.05. The van der Waals surface area contributed by atoms with Crippen molar-refractivity contribution in [3.63, 3.8) is 0 Å². The van der Waals surface area contributed by atoms with E-state index in [1.54, 1.807) is 0 Å². The van der Waals surface area contributed by atoms with Gasteiger partial charge in [-0.15, -0.1) is 0 Å². The lowest BCUT2D eigenvalue weighted by Gasteiger charge is -2.00. The van der Waals surface area contributed by atoms with Crippen molar-refractivity contribution < 1.29 is 4.79 Å². The van der Waals surface area contributed by atoms with Crippen LogP contribution >= 0.6 is 0 Å². The SMILES string of the molecule is CCCCCC(=O)[C](C)C. The fourth-order valence-electron chi connectivity index (χ4n) is 0.786. The van der Waals surface area contributed by atoms with Crippen LogP contribution in [0.1, 0.15) is 46.5 Å². The third kappa shape index (κ3) is 4.54. The van der Waals surface area contributed by atoms with Crippen molar-refractivity contribution in [1.29, 1.82) is 0 Å². The van der Waals surface area contributed by atoms with Gasteiger partial charge < -0.3 is 0 Å². The summed E-state index contributed by atoms with van der Waals surface area (Å²) < 4.78 is 0. The molecule has 0 aliphatic heterocycles. The first kappa shape index (κ1) is 9.67. The summed E-state index contributed by atoms with van der Waals surface area (Å²) in [6, 6.07) is 0. The second-order valence-corrected chi connectivity index (χ2v) is 2.88. The Labute approximate surface area is 63.8 Å². The smallest absolute Gasteiger partial charge is 0.139 e. The van der Waals surface area contributed by atoms with Gasteiger partial charge in [-0.3, -0.25) is 4.79 Å². The van der Waals surface area contributed by atoms with Crippen LogP contribution in [0.3, 0.4) is 0 Å². The fraction of sp³-hybridized carbons (Fsp3) is 0.778. The van der Waals surface area contributed by atoms with Crippen LogP contribution in [0, 0.1) is 5.92 Å². The molecule has 0 bridgehead atoms. The Morgan fingerprint density at radius 3 is 2.20 bits per heavy atom. The predicted molar refractivity (Wildman–Crippen MR) is 43.7 cm³/mol. The number of unbranched alkanes of at least 4 members (excludes halogenated alkanes) is 2. The summed E-state index contributed by atoms with van der Waals surface area (Å²) in [6.45, 7) is 5.91. The van der Waals surface area contributed by atoms with E-state index in [0.29, 0.717) is 5.78 Å². The molecule has 0 aromatic heterocycles. The van der Waals surface area contributed by atoms with Gasteiger partial charge in [0.15, 0.2) is 0 Å². The van der Waals surface area contributed by atoms with Crippen LogP contribution in [0.15, 0.2) is 0 Å². The first-order valence-electron chi connectivity index (χ1n) is 4.01. The lowest BCUT2D eigenvalue weighted by atomic mass is 10.0. The van der Waals surface area contributed by atoms with E-state index in [1.807, 2.05) is 13.8 Å². The van der Waals surface area contributed by atoms with E-state index in [2.05, 4.69) is 6.92 Å². The highest BCUT2D eigenvalue weighted by molar-refractivity contribution is 5.90. The maximum atomic E-state index is 11.0. The second-order valence-electron chi connectivity index (χ2n) is 2.88. The number of hydrogen-bond acceptors (Lipinski definition) is 1. The van der Waals surface area contributed by atoms with Gasteiger partial charge in [0.2, 0.25) is 0 Å². The van der Waals surface area contributed by atoms with Gasteiger partial charge in [-0.25, -0.2) is 0 Å². The maximum Gasteiger partial charge on any atom is 0.139 e. The molecular weight excluding hydrogens is 124 g/mol. The molecule has 0 aromatic carbocycles. The summed E-state index contributed by atoms with van der Waals surface area (Å²) in [6.07, 6.45) is 4.17. The van der Waals surface area contributed by atoms with Crippen molar-refractivity contribution in [2.75, 3.05) is 0 Å². The number of carbonyl (C=O) groups is 1. The summed E-state index contributed by atoms with van der Waals surface area (Å²) in [5.74, 6) is 1.27. The molecular formula is C9H17O. The number of rotatable bonds is 5. The normalized spacial score (nSPS) is 10.4. The molecule has 0 spiro atoms. The molecule has 0 aliphatic carbocycles. The quantitative estimate of drug-likeness (QED) is 0.538. The Kier molecular flexibility index (Phi) is 5.27. The Balaban J connectivity index is 3.22. The monoisotopic (exact) mass is 141 g/mol. The lowest BCUT2D eigenvalue weighted by Crippen LogP contribution is -2.03. The molecule has 0 rings (SSSR count). The highest BCUT2D eigenvalue weighted by atomic mass is 16.1. The molecule has 0 fully saturated rings. The van der Waals surface area contributed by atoms with Gasteiger partial charge in [-0.1, -0.05) is 33.6 Å². The fourth-order valence-corrected chi connectivity index (χ4v) is 0.786. The maximum absolute atomic E-state index is 11.0. The molecule has 1 radical (unpaired) electrons. The highest BCUT2D eigenvalue weighted by Crippen LogP contribution is 2.06. The lowest BCUT2D eigenvalue weighted by molar-refractivity contribution is -0.117. The molecule has 1 nitrogen and oxygen atoms in total.